The second kappa shape index (κ2) is 14.5. The van der Waals surface area contributed by atoms with E-state index in [0.717, 1.165) is 0 Å². The summed E-state index contributed by atoms with van der Waals surface area (Å²) in [4.78, 5) is 0. The van der Waals surface area contributed by atoms with E-state index in [1.54, 1.807) is 0 Å². The van der Waals surface area contributed by atoms with Crippen LogP contribution in [0, 0.1) is 83.1 Å². The predicted molar refractivity (Wildman–Crippen MR) is 238 cm³/mol. The minimum atomic E-state index is -2.34. The summed E-state index contributed by atoms with van der Waals surface area (Å²) in [5, 5.41) is 0. The monoisotopic (exact) mass is 797 g/mol. The first-order valence-electron chi connectivity index (χ1n) is 18.6. The molecule has 0 bridgehead atoms. The quantitative estimate of drug-likeness (QED) is 0.122. The Morgan fingerprint density at radius 3 is 0.774 bits per heavy atom. The molecular formula is C48H52AsClN2P+. The van der Waals surface area contributed by atoms with Gasteiger partial charge in [-0.05, 0) is 0 Å². The number of nitrogens with zero attached hydrogens (tertiary/aromatic N) is 2. The molecule has 0 saturated carbocycles. The van der Waals surface area contributed by atoms with Gasteiger partial charge in [0.2, 0.25) is 0 Å². The van der Waals surface area contributed by atoms with Crippen LogP contribution in [0.1, 0.15) is 66.8 Å². The topological polar surface area (TPSA) is 6.48 Å². The van der Waals surface area contributed by atoms with Crippen molar-refractivity contribution in [3.63, 3.8) is 0 Å². The maximum atomic E-state index is 8.03. The summed E-state index contributed by atoms with van der Waals surface area (Å²) in [5.74, 6) is 0. The van der Waals surface area contributed by atoms with E-state index in [1.165, 1.54) is 123 Å². The molecular weight excluding hydrogens is 746 g/mol. The molecule has 7 rings (SSSR count). The van der Waals surface area contributed by atoms with Gasteiger partial charge >= 0.3 is 331 Å². The third kappa shape index (κ3) is 6.67. The fraction of sp³-hybridized carbons (Fsp3) is 0.250. The molecule has 1 heterocycles. The van der Waals surface area contributed by atoms with Crippen LogP contribution in [-0.2, 0) is 0 Å². The molecule has 53 heavy (non-hydrogen) atoms. The van der Waals surface area contributed by atoms with Crippen LogP contribution in [0.5, 0.6) is 0 Å². The van der Waals surface area contributed by atoms with Crippen LogP contribution >= 0.6 is 18.8 Å². The molecule has 1 aliphatic rings. The zero-order valence-corrected chi connectivity index (χ0v) is 37.2. The summed E-state index contributed by atoms with van der Waals surface area (Å²) in [6.07, 6.45) is 0. The summed E-state index contributed by atoms with van der Waals surface area (Å²) in [5.41, 5.74) is 28.7. The Morgan fingerprint density at radius 1 is 0.377 bits per heavy atom. The van der Waals surface area contributed by atoms with E-state index in [0.29, 0.717) is 0 Å². The third-order valence-corrected chi connectivity index (χ3v) is 21.0. The van der Waals surface area contributed by atoms with Crippen molar-refractivity contribution >= 4 is 44.4 Å². The Labute approximate surface area is 329 Å². The summed E-state index contributed by atoms with van der Waals surface area (Å²) >= 11 is -2.34. The number of hydrogen-bond donors (Lipinski definition) is 0. The summed E-state index contributed by atoms with van der Waals surface area (Å²) in [6.45, 7) is 26.9. The van der Waals surface area contributed by atoms with Gasteiger partial charge in [-0.1, -0.05) is 0 Å². The maximum absolute atomic E-state index is 8.03. The Kier molecular flexibility index (Phi) is 10.2. The molecule has 0 atom stereocenters. The number of benzene rings is 6. The molecule has 0 amide bonds. The molecule has 1 aliphatic heterocycles. The molecule has 6 aromatic carbocycles. The van der Waals surface area contributed by atoms with Crippen LogP contribution in [0.4, 0.5) is 11.4 Å². The van der Waals surface area contributed by atoms with Gasteiger partial charge in [0.1, 0.15) is 0 Å². The Hall–Kier alpha value is -3.80. The summed E-state index contributed by atoms with van der Waals surface area (Å²) < 4.78 is 5.31. The van der Waals surface area contributed by atoms with Crippen LogP contribution < -0.4 is 7.17 Å². The molecule has 0 spiro atoms. The molecule has 0 aromatic heterocycles. The van der Waals surface area contributed by atoms with Gasteiger partial charge < -0.3 is 0 Å². The minimum absolute atomic E-state index is 0.339. The van der Waals surface area contributed by atoms with Crippen molar-refractivity contribution in [1.82, 2.24) is 0 Å². The molecule has 0 N–H and O–H groups in total. The van der Waals surface area contributed by atoms with E-state index in [9.17, 15) is 0 Å². The van der Waals surface area contributed by atoms with Gasteiger partial charge in [0.05, 0.1) is 0 Å². The molecule has 2 nitrogen and oxygen atoms in total. The number of para-hydroxylation sites is 2. The van der Waals surface area contributed by atoms with E-state index in [-0.39, 0.29) is 8.88 Å². The van der Waals surface area contributed by atoms with Crippen LogP contribution in [0.25, 0.3) is 44.5 Å². The van der Waals surface area contributed by atoms with Crippen molar-refractivity contribution in [3.8, 4) is 44.5 Å². The van der Waals surface area contributed by atoms with Crippen LogP contribution in [0.3, 0.4) is 0 Å². The second-order valence-electron chi connectivity index (χ2n) is 15.5. The Morgan fingerprint density at radius 2 is 0.585 bits per heavy atom. The van der Waals surface area contributed by atoms with Crippen molar-refractivity contribution in [1.29, 1.82) is 0 Å². The fourth-order valence-electron chi connectivity index (χ4n) is 9.33. The second-order valence-corrected chi connectivity index (χ2v) is 23.1. The molecule has 5 heteroatoms. The number of rotatable bonds is 6. The number of anilines is 2. The van der Waals surface area contributed by atoms with Gasteiger partial charge in [-0.3, -0.25) is 0 Å². The van der Waals surface area contributed by atoms with Gasteiger partial charge in [-0.15, -0.1) is 0 Å². The SMILES string of the molecule is Cc1cc(C)c(-c2cccc(-c3c(C)cc(C)cc3C)c2N2[PH2+]N(c3c(-c4c(C)cc(C)cc4C)cccc3-c3c(C)cc(C)cc3C)[As]2Cl)c(C)c1. The van der Waals surface area contributed by atoms with E-state index in [1.807, 2.05) is 0 Å². The zero-order valence-electron chi connectivity index (χ0n) is 33.4. The standard InChI is InChI=1S/C48H51AsClN2P/c1-27-19-31(5)43(32(6)20-27)39-15-13-16-40(44-33(7)21-28(2)22-34(44)8)47(39)51-49(50)52(53-51)48-41(45-35(9)23-29(3)24-36(45)10)17-14-18-42(48)46-37(11)25-30(4)26-38(46)12/h13-26,53H,1-12H3/p+1. The summed E-state index contributed by atoms with van der Waals surface area (Å²) in [7, 11) is 7.69. The number of aryl methyl sites for hydroxylation is 12. The van der Waals surface area contributed by atoms with Gasteiger partial charge in [0, 0.05) is 0 Å². The van der Waals surface area contributed by atoms with Gasteiger partial charge in [0.15, 0.2) is 0 Å². The van der Waals surface area contributed by atoms with Crippen molar-refractivity contribution < 1.29 is 0 Å². The van der Waals surface area contributed by atoms with E-state index in [4.69, 9.17) is 9.95 Å². The van der Waals surface area contributed by atoms with Crippen molar-refractivity contribution in [3.05, 3.63) is 152 Å². The number of halogens is 1. The molecule has 1 saturated heterocycles. The first-order valence-corrected chi connectivity index (χ1v) is 23.8. The molecule has 6 aromatic rings. The van der Waals surface area contributed by atoms with E-state index >= 15 is 0 Å². The third-order valence-electron chi connectivity index (χ3n) is 10.9. The number of hydrogen-bond acceptors (Lipinski definition) is 2. The average Bonchev–Trinajstić information content (AvgIpc) is 3.04. The molecule has 0 radical (unpaired) electrons. The Bertz CT molecular complexity index is 2030. The van der Waals surface area contributed by atoms with Gasteiger partial charge in [-0.2, -0.15) is 0 Å². The average molecular weight is 798 g/mol. The van der Waals surface area contributed by atoms with Crippen molar-refractivity contribution in [2.24, 2.45) is 0 Å². The fourth-order valence-corrected chi connectivity index (χ4v) is 16.7. The van der Waals surface area contributed by atoms with Gasteiger partial charge in [0.25, 0.3) is 0 Å². The molecule has 0 aliphatic carbocycles. The first kappa shape index (κ1) is 37.5. The van der Waals surface area contributed by atoms with Crippen LogP contribution in [0.2, 0.25) is 0 Å². The molecule has 270 valence electrons. The van der Waals surface area contributed by atoms with E-state index < -0.39 is 14.2 Å². The molecule has 1 fully saturated rings. The van der Waals surface area contributed by atoms with E-state index in [2.05, 4.69) is 175 Å². The zero-order chi connectivity index (χ0) is 38.0. The van der Waals surface area contributed by atoms with Crippen molar-refractivity contribution in [2.75, 3.05) is 7.17 Å². The predicted octanol–water partition coefficient (Wildman–Crippen LogP) is 13.8. The summed E-state index contributed by atoms with van der Waals surface area (Å²) in [6, 6.07) is 32.5. The Balaban J connectivity index is 1.47. The van der Waals surface area contributed by atoms with Crippen LogP contribution in [0.15, 0.2) is 84.9 Å². The van der Waals surface area contributed by atoms with Crippen LogP contribution in [-0.4, -0.2) is 14.2 Å². The van der Waals surface area contributed by atoms with Gasteiger partial charge in [-0.25, -0.2) is 0 Å². The molecule has 0 unspecified atom stereocenters. The first-order chi connectivity index (χ1) is 25.2. The van der Waals surface area contributed by atoms with Crippen molar-refractivity contribution in [2.45, 2.75) is 83.1 Å². The normalized spacial score (nSPS) is 14.6.